The van der Waals surface area contributed by atoms with Crippen LogP contribution >= 0.6 is 0 Å². The second-order valence-corrected chi connectivity index (χ2v) is 18.1. The molecule has 58 heavy (non-hydrogen) atoms. The summed E-state index contributed by atoms with van der Waals surface area (Å²) in [4.78, 5) is 0. The molecule has 2 heterocycles. The molecule has 300 valence electrons. The van der Waals surface area contributed by atoms with Gasteiger partial charge in [-0.25, -0.2) is 0 Å². The number of aryl methyl sites for hydroxylation is 1. The van der Waals surface area contributed by atoms with Crippen molar-refractivity contribution in [2.75, 3.05) is 14.2 Å². The first kappa shape index (κ1) is 41.6. The molecule has 0 saturated carbocycles. The number of hydrogen-bond acceptors (Lipinski definition) is 6. The van der Waals surface area contributed by atoms with Crippen molar-refractivity contribution in [2.24, 2.45) is 0 Å². The van der Waals surface area contributed by atoms with Gasteiger partial charge in [0.25, 0.3) is 0 Å². The van der Waals surface area contributed by atoms with E-state index in [0.29, 0.717) is 5.92 Å². The van der Waals surface area contributed by atoms with E-state index in [9.17, 15) is 0 Å². The normalized spacial score (nSPS) is 17.8. The predicted molar refractivity (Wildman–Crippen MR) is 242 cm³/mol. The third kappa shape index (κ3) is 8.05. The van der Waals surface area contributed by atoms with Crippen LogP contribution in [-0.4, -0.2) is 50.9 Å². The largest absolute Gasteiger partial charge is 0.496 e. The predicted octanol–water partition coefficient (Wildman–Crippen LogP) is 11.1. The van der Waals surface area contributed by atoms with Gasteiger partial charge in [-0.2, -0.15) is 0 Å². The molecule has 0 bridgehead atoms. The smallest absolute Gasteiger partial charge is 0.494 e. The van der Waals surface area contributed by atoms with Crippen LogP contribution in [0.1, 0.15) is 86.3 Å². The van der Waals surface area contributed by atoms with Gasteiger partial charge in [-0.3, -0.25) is 0 Å². The molecule has 0 N–H and O–H groups in total. The third-order valence-electron chi connectivity index (χ3n) is 12.7. The Morgan fingerprint density at radius 3 is 1.17 bits per heavy atom. The summed E-state index contributed by atoms with van der Waals surface area (Å²) in [6.07, 6.45) is 0. The minimum atomic E-state index is -0.339. The molecule has 6 aromatic rings. The van der Waals surface area contributed by atoms with Crippen LogP contribution in [0.5, 0.6) is 11.5 Å². The van der Waals surface area contributed by atoms with E-state index < -0.39 is 0 Å². The molecule has 2 saturated heterocycles. The van der Waals surface area contributed by atoms with Gasteiger partial charge in [0.1, 0.15) is 11.5 Å². The highest BCUT2D eigenvalue weighted by Crippen LogP contribution is 2.39. The van der Waals surface area contributed by atoms with Crippen molar-refractivity contribution in [2.45, 2.75) is 104 Å². The number of ether oxygens (including phenoxy) is 2. The molecule has 8 heteroatoms. The molecule has 0 spiro atoms. The average Bonchev–Trinajstić information content (AvgIpc) is 3.56. The van der Waals surface area contributed by atoms with Crippen LogP contribution in [0.15, 0.2) is 109 Å². The zero-order chi connectivity index (χ0) is 41.8. The topological polar surface area (TPSA) is 55.4 Å². The monoisotopic (exact) mass is 776 g/mol. The summed E-state index contributed by atoms with van der Waals surface area (Å²) in [5.41, 5.74) is 7.94. The number of rotatable bonds is 7. The summed E-state index contributed by atoms with van der Waals surface area (Å²) in [5, 5.41) is 4.77. The van der Waals surface area contributed by atoms with Crippen molar-refractivity contribution in [3.05, 3.63) is 120 Å². The van der Waals surface area contributed by atoms with Crippen molar-refractivity contribution in [3.8, 4) is 33.8 Å². The van der Waals surface area contributed by atoms with Crippen LogP contribution in [0.3, 0.4) is 0 Å². The highest BCUT2D eigenvalue weighted by atomic mass is 16.7. The van der Waals surface area contributed by atoms with E-state index in [2.05, 4.69) is 179 Å². The lowest BCUT2D eigenvalue weighted by molar-refractivity contribution is 0.00578. The Morgan fingerprint density at radius 2 is 0.776 bits per heavy atom. The quantitative estimate of drug-likeness (QED) is 0.151. The molecule has 6 nitrogen and oxygen atoms in total. The maximum atomic E-state index is 6.22. The Hall–Kier alpha value is -4.59. The lowest BCUT2D eigenvalue weighted by Crippen LogP contribution is -2.41. The van der Waals surface area contributed by atoms with Crippen molar-refractivity contribution in [1.29, 1.82) is 0 Å². The molecule has 2 aliphatic rings. The van der Waals surface area contributed by atoms with Gasteiger partial charge in [-0.15, -0.1) is 0 Å². The number of fused-ring (bicyclic) bond motifs is 2. The molecule has 0 amide bonds. The van der Waals surface area contributed by atoms with E-state index >= 15 is 0 Å². The molecular formula is C50H58B2O6. The van der Waals surface area contributed by atoms with Gasteiger partial charge in [0.2, 0.25) is 0 Å². The van der Waals surface area contributed by atoms with Gasteiger partial charge in [0, 0.05) is 0 Å². The molecule has 0 radical (unpaired) electrons. The zero-order valence-electron chi connectivity index (χ0n) is 36.6. The third-order valence-corrected chi connectivity index (χ3v) is 12.7. The molecule has 0 atom stereocenters. The van der Waals surface area contributed by atoms with Crippen LogP contribution in [0.25, 0.3) is 43.8 Å². The number of hydrogen-bond donors (Lipinski definition) is 0. The van der Waals surface area contributed by atoms with Crippen molar-refractivity contribution in [3.63, 3.8) is 0 Å². The lowest BCUT2D eigenvalue weighted by Gasteiger charge is -2.32. The first-order valence-corrected chi connectivity index (χ1v) is 20.4. The summed E-state index contributed by atoms with van der Waals surface area (Å²) < 4.78 is 35.7. The van der Waals surface area contributed by atoms with Gasteiger partial charge in [0.15, 0.2) is 0 Å². The Kier molecular flexibility index (Phi) is 11.1. The van der Waals surface area contributed by atoms with E-state index in [1.165, 1.54) is 49.4 Å². The SMILES string of the molecule is COc1ccc(-c2ccc3cc(B4OC(C)(C)C(C)(C)O4)ccc3c2)cc1C.COc1ccc(-c2ccc3cc(B4OC(C)(C)C(C)(C)O4)ccc3c2)cc1C(C)C. The minimum Gasteiger partial charge on any atom is -0.496 e. The lowest BCUT2D eigenvalue weighted by atomic mass is 9.78. The Balaban J connectivity index is 0.000000177. The van der Waals surface area contributed by atoms with Crippen LogP contribution in [0.4, 0.5) is 0 Å². The van der Waals surface area contributed by atoms with Crippen LogP contribution in [-0.2, 0) is 18.6 Å². The maximum absolute atomic E-state index is 6.22. The fraction of sp³-hybridized carbons (Fsp3) is 0.360. The Labute approximate surface area is 346 Å². The highest BCUT2D eigenvalue weighted by Gasteiger charge is 2.52. The fourth-order valence-electron chi connectivity index (χ4n) is 7.56. The van der Waals surface area contributed by atoms with Crippen LogP contribution < -0.4 is 20.4 Å². The van der Waals surface area contributed by atoms with Crippen LogP contribution in [0.2, 0.25) is 0 Å². The minimum absolute atomic E-state index is 0.331. The van der Waals surface area contributed by atoms with Gasteiger partial charge < -0.3 is 28.1 Å². The number of benzene rings is 6. The summed E-state index contributed by atoms with van der Waals surface area (Å²) in [6.45, 7) is 23.1. The fourth-order valence-corrected chi connectivity index (χ4v) is 7.56. The highest BCUT2D eigenvalue weighted by molar-refractivity contribution is 6.62. The first-order valence-electron chi connectivity index (χ1n) is 20.4. The van der Waals surface area contributed by atoms with Gasteiger partial charge in [0.05, 0.1) is 36.6 Å². The molecular weight excluding hydrogens is 718 g/mol. The summed E-state index contributed by atoms with van der Waals surface area (Å²) in [7, 11) is 2.76. The maximum Gasteiger partial charge on any atom is 0.494 e. The van der Waals surface area contributed by atoms with E-state index in [4.69, 9.17) is 28.1 Å². The number of methoxy groups -OCH3 is 2. The van der Waals surface area contributed by atoms with E-state index in [-0.39, 0.29) is 36.6 Å². The van der Waals surface area contributed by atoms with Crippen molar-refractivity contribution >= 4 is 46.7 Å². The standard InChI is InChI=1S/C26H31BO3.C24H27BO3/c1-17(2)23-16-21(11-13-24(23)28-7)18-8-9-20-15-22(12-10-19(20)14-18)27-29-25(3,4)26(5,6)30-27;1-16-13-17(10-12-22(16)26-6)18-7-8-20-15-21(11-9-19(20)14-18)25-27-23(2,3)24(4,5)28-25/h8-17H,1-7H3;7-15H,1-6H3. The second-order valence-electron chi connectivity index (χ2n) is 18.1. The summed E-state index contributed by atoms with van der Waals surface area (Å²) in [6, 6.07) is 38.8. The molecule has 8 rings (SSSR count). The molecule has 2 aliphatic heterocycles. The zero-order valence-corrected chi connectivity index (χ0v) is 36.6. The molecule has 0 unspecified atom stereocenters. The Bertz CT molecular complexity index is 2440. The van der Waals surface area contributed by atoms with Crippen LogP contribution in [0, 0.1) is 6.92 Å². The average molecular weight is 777 g/mol. The molecule has 0 aliphatic carbocycles. The second kappa shape index (κ2) is 15.5. The van der Waals surface area contributed by atoms with Gasteiger partial charge >= 0.3 is 14.2 Å². The molecule has 0 aromatic heterocycles. The summed E-state index contributed by atoms with van der Waals surface area (Å²) >= 11 is 0. The van der Waals surface area contributed by atoms with E-state index in [1.54, 1.807) is 14.2 Å². The van der Waals surface area contributed by atoms with Crippen molar-refractivity contribution < 1.29 is 28.1 Å². The van der Waals surface area contributed by atoms with Crippen molar-refractivity contribution in [1.82, 2.24) is 0 Å². The first-order chi connectivity index (χ1) is 27.3. The summed E-state index contributed by atoms with van der Waals surface area (Å²) in [5.74, 6) is 2.26. The molecule has 2 fully saturated rings. The Morgan fingerprint density at radius 1 is 0.431 bits per heavy atom. The molecule has 6 aromatic carbocycles. The van der Waals surface area contributed by atoms with Gasteiger partial charge in [-0.05, 0) is 170 Å². The van der Waals surface area contributed by atoms with E-state index in [1.807, 2.05) is 6.07 Å². The van der Waals surface area contributed by atoms with Gasteiger partial charge in [-0.1, -0.05) is 86.6 Å². The van der Waals surface area contributed by atoms with E-state index in [0.717, 1.165) is 28.0 Å².